The topological polar surface area (TPSA) is 173 Å². The summed E-state index contributed by atoms with van der Waals surface area (Å²) in [5.41, 5.74) is 3.82. The first-order valence-electron chi connectivity index (χ1n) is 24.7. The van der Waals surface area contributed by atoms with Gasteiger partial charge in [0, 0.05) is 104 Å². The molecular weight excluding hydrogens is 901 g/mol. The number of hydrogen-bond acceptors (Lipinski definition) is 10. The van der Waals surface area contributed by atoms with Crippen LogP contribution in [0.1, 0.15) is 131 Å². The fourth-order valence-electron chi connectivity index (χ4n) is 10.8. The zero-order valence-corrected chi connectivity index (χ0v) is 41.6. The Morgan fingerprint density at radius 1 is 0.870 bits per heavy atom. The van der Waals surface area contributed by atoms with Crippen LogP contribution in [-0.4, -0.2) is 118 Å². The summed E-state index contributed by atoms with van der Waals surface area (Å²) in [5, 5.41) is 16.3. The molecule has 1 aliphatic carbocycles. The van der Waals surface area contributed by atoms with Gasteiger partial charge in [-0.25, -0.2) is 22.2 Å². The first-order chi connectivity index (χ1) is 32.9. The molecule has 2 aromatic carbocycles. The summed E-state index contributed by atoms with van der Waals surface area (Å²) in [6.07, 6.45) is 8.48. The highest BCUT2D eigenvalue weighted by molar-refractivity contribution is 7.92. The van der Waals surface area contributed by atoms with E-state index in [1.54, 1.807) is 30.5 Å². The number of alkyl halides is 2. The number of nitrogens with zero attached hydrogens (tertiary/aromatic N) is 7. The molecular formula is C51H69F2N11O4S. The number of carbonyl (C=O) groups is 2. The predicted molar refractivity (Wildman–Crippen MR) is 267 cm³/mol. The molecule has 9 rings (SSSR count). The Bertz CT molecular complexity index is 2640. The standard InChI is InChI=1S/C29H41F2N5O.C22H28N6O3S/c1-19(2)27-34-33-20(3)36(27)25-17-23-9-10-24(18-25)35(23)16-13-26(21-7-5-4-6-8-21)32-28(37)22-11-14-29(30,31)15-12-22;1-15(2)24-19-5-4-8-23-21(19)27-9-11-28(12-10-27)22(29)20-14-16-13-17(26-32(3,30)31)6-7-18(16)25-20/h4-8,19,22-26H,9-18H2,1-3H3,(H,32,37);4-8,13-15,24-26H,9-12H2,1-3H3/t23-,24+,25?,26-;/m0./s1. The first-order valence-corrected chi connectivity index (χ1v) is 26.6. The number of anilines is 3. The predicted octanol–water partition coefficient (Wildman–Crippen LogP) is 8.67. The number of rotatable bonds is 14. The molecule has 4 N–H and O–H groups in total. The van der Waals surface area contributed by atoms with Gasteiger partial charge in [-0.15, -0.1) is 10.2 Å². The number of hydrogen-bond donors (Lipinski definition) is 4. The number of aryl methyl sites for hydroxylation is 1. The third-order valence-corrected chi connectivity index (χ3v) is 14.8. The lowest BCUT2D eigenvalue weighted by Gasteiger charge is -2.40. The number of aromatic nitrogens is 5. The van der Waals surface area contributed by atoms with Gasteiger partial charge in [-0.3, -0.25) is 19.2 Å². The van der Waals surface area contributed by atoms with E-state index in [9.17, 15) is 26.8 Å². The van der Waals surface area contributed by atoms with Gasteiger partial charge in [0.25, 0.3) is 5.91 Å². The van der Waals surface area contributed by atoms with Crippen molar-refractivity contribution in [3.8, 4) is 0 Å². The highest BCUT2D eigenvalue weighted by Crippen LogP contribution is 2.43. The average molecular weight is 970 g/mol. The number of nitrogens with one attached hydrogen (secondary N) is 4. The van der Waals surface area contributed by atoms with Crippen molar-refractivity contribution in [2.45, 2.75) is 134 Å². The molecule has 4 aliphatic rings. The van der Waals surface area contributed by atoms with Gasteiger partial charge in [-0.1, -0.05) is 44.2 Å². The van der Waals surface area contributed by atoms with Gasteiger partial charge < -0.3 is 30.0 Å². The first kappa shape index (κ1) is 49.8. The van der Waals surface area contributed by atoms with Gasteiger partial charge in [0.1, 0.15) is 17.3 Å². The number of carbonyl (C=O) groups excluding carboxylic acids is 2. The van der Waals surface area contributed by atoms with E-state index >= 15 is 0 Å². The number of aromatic amines is 1. The molecule has 3 aliphatic heterocycles. The number of piperazine rings is 1. The third-order valence-electron chi connectivity index (χ3n) is 14.2. The van der Waals surface area contributed by atoms with Crippen molar-refractivity contribution in [3.05, 3.63) is 95.8 Å². The summed E-state index contributed by atoms with van der Waals surface area (Å²) in [6, 6.07) is 22.6. The molecule has 0 spiro atoms. The van der Waals surface area contributed by atoms with E-state index in [2.05, 4.69) is 96.6 Å². The quantitative estimate of drug-likeness (QED) is 0.0844. The van der Waals surface area contributed by atoms with Crippen molar-refractivity contribution in [2.24, 2.45) is 5.92 Å². The molecule has 3 aromatic heterocycles. The summed E-state index contributed by atoms with van der Waals surface area (Å²) in [5.74, 6) is 0.265. The van der Waals surface area contributed by atoms with Crippen LogP contribution in [0.3, 0.4) is 0 Å². The Morgan fingerprint density at radius 3 is 2.22 bits per heavy atom. The summed E-state index contributed by atoms with van der Waals surface area (Å²) < 4.78 is 55.0. The van der Waals surface area contributed by atoms with Gasteiger partial charge in [0.15, 0.2) is 5.82 Å². The maximum atomic E-state index is 13.6. The second-order valence-electron chi connectivity index (χ2n) is 20.1. The highest BCUT2D eigenvalue weighted by Gasteiger charge is 2.43. The van der Waals surface area contributed by atoms with E-state index in [0.29, 0.717) is 67.6 Å². The maximum Gasteiger partial charge on any atom is 0.270 e. The molecule has 15 nitrogen and oxygen atoms in total. The van der Waals surface area contributed by atoms with Crippen LogP contribution in [0.5, 0.6) is 0 Å². The Balaban J connectivity index is 0.000000188. The number of halogens is 2. The summed E-state index contributed by atoms with van der Waals surface area (Å²) in [6.45, 7) is 14.1. The van der Waals surface area contributed by atoms with Crippen molar-refractivity contribution in [1.82, 2.24) is 39.8 Å². The molecule has 0 radical (unpaired) electrons. The minimum Gasteiger partial charge on any atom is -0.380 e. The largest absolute Gasteiger partial charge is 0.380 e. The second kappa shape index (κ2) is 21.2. The van der Waals surface area contributed by atoms with Crippen LogP contribution in [0.25, 0.3) is 10.9 Å². The van der Waals surface area contributed by atoms with Crippen LogP contribution in [0, 0.1) is 12.8 Å². The third kappa shape index (κ3) is 12.2. The number of benzene rings is 2. The molecule has 69 heavy (non-hydrogen) atoms. The number of sulfonamides is 1. The van der Waals surface area contributed by atoms with Crippen LogP contribution in [0.15, 0.2) is 72.9 Å². The van der Waals surface area contributed by atoms with Crippen LogP contribution in [0.4, 0.5) is 26.0 Å². The number of pyridine rings is 1. The van der Waals surface area contributed by atoms with Gasteiger partial charge in [-0.2, -0.15) is 0 Å². The minimum atomic E-state index is -3.36. The van der Waals surface area contributed by atoms with Gasteiger partial charge in [0.2, 0.25) is 21.9 Å². The number of amides is 2. The molecule has 1 unspecified atom stereocenters. The SMILES string of the molecule is CC(C)Nc1cccnc1N1CCN(C(=O)c2cc3cc(NS(C)(=O)=O)ccc3[nH]2)CC1.Cc1nnc(C(C)C)n1C1C[C@H]2CC[C@@H](C1)N2CC[C@H](NC(=O)C1CCC(F)(F)CC1)c1ccccc1. The fourth-order valence-corrected chi connectivity index (χ4v) is 11.4. The molecule has 5 aromatic rings. The normalized spacial score (nSPS) is 21.3. The number of fused-ring (bicyclic) bond motifs is 3. The Kier molecular flexibility index (Phi) is 15.3. The van der Waals surface area contributed by atoms with Crippen molar-refractivity contribution < 1.29 is 26.8 Å². The van der Waals surface area contributed by atoms with Crippen molar-refractivity contribution in [3.63, 3.8) is 0 Å². The molecule has 372 valence electrons. The molecule has 6 heterocycles. The van der Waals surface area contributed by atoms with Gasteiger partial charge >= 0.3 is 0 Å². The zero-order valence-electron chi connectivity index (χ0n) is 40.8. The lowest BCUT2D eigenvalue weighted by molar-refractivity contribution is -0.130. The Morgan fingerprint density at radius 2 is 1.57 bits per heavy atom. The van der Waals surface area contributed by atoms with Crippen molar-refractivity contribution in [1.29, 1.82) is 0 Å². The Hall–Kier alpha value is -5.62. The van der Waals surface area contributed by atoms with Gasteiger partial charge in [0.05, 0.1) is 18.0 Å². The van der Waals surface area contributed by atoms with E-state index in [4.69, 9.17) is 0 Å². The number of piperidine rings is 1. The lowest BCUT2D eigenvalue weighted by atomic mass is 9.86. The van der Waals surface area contributed by atoms with Crippen molar-refractivity contribution >= 4 is 49.9 Å². The van der Waals surface area contributed by atoms with E-state index in [1.165, 1.54) is 12.8 Å². The lowest BCUT2D eigenvalue weighted by Crippen LogP contribution is -2.49. The molecule has 2 bridgehead atoms. The average Bonchev–Trinajstić information content (AvgIpc) is 3.99. The summed E-state index contributed by atoms with van der Waals surface area (Å²) in [7, 11) is -3.36. The second-order valence-corrected chi connectivity index (χ2v) is 21.8. The van der Waals surface area contributed by atoms with E-state index in [1.807, 2.05) is 35.2 Å². The van der Waals surface area contributed by atoms with Gasteiger partial charge in [-0.05, 0) is 108 Å². The highest BCUT2D eigenvalue weighted by atomic mass is 32.2. The molecule has 3 saturated heterocycles. The van der Waals surface area contributed by atoms with E-state index in [0.717, 1.165) is 71.7 Å². The smallest absolute Gasteiger partial charge is 0.270 e. The summed E-state index contributed by atoms with van der Waals surface area (Å²) >= 11 is 0. The molecule has 2 amide bonds. The van der Waals surface area contributed by atoms with Crippen molar-refractivity contribution in [2.75, 3.05) is 53.9 Å². The number of H-pyrrole nitrogens is 1. The molecule has 1 saturated carbocycles. The fraction of sp³-hybridized carbons (Fsp3) is 0.549. The zero-order chi connectivity index (χ0) is 49.0. The van der Waals surface area contributed by atoms with E-state index < -0.39 is 15.9 Å². The van der Waals surface area contributed by atoms with Crippen LogP contribution in [-0.2, 0) is 14.8 Å². The minimum absolute atomic E-state index is 0.0694. The monoisotopic (exact) mass is 970 g/mol. The summed E-state index contributed by atoms with van der Waals surface area (Å²) in [4.78, 5) is 40.6. The molecule has 18 heteroatoms. The molecule has 4 fully saturated rings. The maximum absolute atomic E-state index is 13.6. The van der Waals surface area contributed by atoms with Crippen LogP contribution < -0.4 is 20.3 Å². The van der Waals surface area contributed by atoms with Crippen LogP contribution in [0.2, 0.25) is 0 Å². The van der Waals surface area contributed by atoms with E-state index in [-0.39, 0.29) is 49.5 Å². The van der Waals surface area contributed by atoms with Crippen LogP contribution >= 0.6 is 0 Å². The Labute approximate surface area is 405 Å². The molecule has 4 atom stereocenters.